The van der Waals surface area contributed by atoms with Gasteiger partial charge in [0.25, 0.3) is 0 Å². The summed E-state index contributed by atoms with van der Waals surface area (Å²) in [5.74, 6) is -1.83. The van der Waals surface area contributed by atoms with Gasteiger partial charge in [0.1, 0.15) is 5.67 Å². The van der Waals surface area contributed by atoms with Crippen LogP contribution >= 0.6 is 0 Å². The van der Waals surface area contributed by atoms with E-state index in [-0.39, 0.29) is 18.4 Å². The highest BCUT2D eigenvalue weighted by Gasteiger charge is 2.49. The van der Waals surface area contributed by atoms with Gasteiger partial charge in [-0.25, -0.2) is 4.39 Å². The fourth-order valence-corrected chi connectivity index (χ4v) is 2.09. The van der Waals surface area contributed by atoms with E-state index >= 15 is 0 Å². The average Bonchev–Trinajstić information content (AvgIpc) is 2.23. The van der Waals surface area contributed by atoms with E-state index < -0.39 is 29.3 Å². The normalized spacial score (nSPS) is 27.7. The first-order chi connectivity index (χ1) is 8.22. The summed E-state index contributed by atoms with van der Waals surface area (Å²) in [5.41, 5.74) is -2.55. The third-order valence-corrected chi connectivity index (χ3v) is 3.22. The van der Waals surface area contributed by atoms with Crippen molar-refractivity contribution in [2.24, 2.45) is 5.92 Å². The van der Waals surface area contributed by atoms with E-state index in [2.05, 4.69) is 0 Å². The number of hydrogen-bond donors (Lipinski definition) is 1. The van der Waals surface area contributed by atoms with Gasteiger partial charge in [-0.2, -0.15) is 13.2 Å². The Bertz CT molecular complexity index is 458. The van der Waals surface area contributed by atoms with E-state index in [1.807, 2.05) is 0 Å². The van der Waals surface area contributed by atoms with Crippen molar-refractivity contribution in [2.45, 2.75) is 24.7 Å². The number of aliphatic carboxylic acids is 1. The van der Waals surface area contributed by atoms with Crippen molar-refractivity contribution in [2.75, 3.05) is 0 Å². The quantitative estimate of drug-likeness (QED) is 0.830. The van der Waals surface area contributed by atoms with Gasteiger partial charge >= 0.3 is 12.1 Å². The molecule has 0 aromatic heterocycles. The molecule has 0 heterocycles. The zero-order valence-electron chi connectivity index (χ0n) is 9.17. The molecule has 98 valence electrons. The molecule has 0 saturated heterocycles. The van der Waals surface area contributed by atoms with E-state index in [1.165, 1.54) is 0 Å². The molecular formula is C12H10F4O2. The van der Waals surface area contributed by atoms with Gasteiger partial charge in [-0.15, -0.1) is 0 Å². The number of rotatable bonds is 2. The van der Waals surface area contributed by atoms with Crippen molar-refractivity contribution >= 4 is 5.97 Å². The second-order valence-corrected chi connectivity index (χ2v) is 4.48. The monoisotopic (exact) mass is 262 g/mol. The highest BCUT2D eigenvalue weighted by Crippen LogP contribution is 2.49. The lowest BCUT2D eigenvalue weighted by Crippen LogP contribution is -2.41. The number of carboxylic acid groups (broad SMARTS) is 1. The number of halogens is 4. The molecule has 1 aliphatic rings. The van der Waals surface area contributed by atoms with Crippen LogP contribution in [0.2, 0.25) is 0 Å². The van der Waals surface area contributed by atoms with Crippen LogP contribution in [0, 0.1) is 5.92 Å². The molecule has 1 saturated carbocycles. The summed E-state index contributed by atoms with van der Waals surface area (Å²) in [7, 11) is 0. The molecule has 0 aliphatic heterocycles. The molecule has 1 fully saturated rings. The van der Waals surface area contributed by atoms with Crippen LogP contribution in [0.3, 0.4) is 0 Å². The minimum absolute atomic E-state index is 0.105. The summed E-state index contributed by atoms with van der Waals surface area (Å²) < 4.78 is 51.1. The molecule has 0 bridgehead atoms. The van der Waals surface area contributed by atoms with Crippen molar-refractivity contribution in [1.82, 2.24) is 0 Å². The molecular weight excluding hydrogens is 252 g/mol. The lowest BCUT2D eigenvalue weighted by atomic mass is 9.69. The maximum absolute atomic E-state index is 14.1. The number of carbonyl (C=O) groups is 1. The molecule has 0 radical (unpaired) electrons. The molecule has 0 atom stereocenters. The second-order valence-electron chi connectivity index (χ2n) is 4.48. The van der Waals surface area contributed by atoms with E-state index in [0.717, 1.165) is 24.3 Å². The summed E-state index contributed by atoms with van der Waals surface area (Å²) >= 11 is 0. The number of hydrogen-bond acceptors (Lipinski definition) is 1. The molecule has 0 amide bonds. The van der Waals surface area contributed by atoms with Crippen molar-refractivity contribution in [3.63, 3.8) is 0 Å². The maximum Gasteiger partial charge on any atom is 0.416 e. The van der Waals surface area contributed by atoms with Crippen molar-refractivity contribution in [3.8, 4) is 0 Å². The van der Waals surface area contributed by atoms with Gasteiger partial charge in [0, 0.05) is 0 Å². The van der Waals surface area contributed by atoms with Crippen molar-refractivity contribution < 1.29 is 27.5 Å². The fourth-order valence-electron chi connectivity index (χ4n) is 2.09. The Labute approximate surface area is 100 Å². The van der Waals surface area contributed by atoms with Crippen LogP contribution < -0.4 is 0 Å². The van der Waals surface area contributed by atoms with Gasteiger partial charge in [-0.05, 0) is 30.5 Å². The molecule has 2 rings (SSSR count). The minimum Gasteiger partial charge on any atom is -0.481 e. The Morgan fingerprint density at radius 3 is 2.11 bits per heavy atom. The predicted octanol–water partition coefficient (Wildman–Crippen LogP) is 3.36. The maximum atomic E-state index is 14.1. The Morgan fingerprint density at radius 1 is 1.22 bits per heavy atom. The van der Waals surface area contributed by atoms with Gasteiger partial charge in [0.05, 0.1) is 11.5 Å². The zero-order chi connectivity index (χ0) is 13.6. The summed E-state index contributed by atoms with van der Waals surface area (Å²) in [5, 5.41) is 8.65. The van der Waals surface area contributed by atoms with Gasteiger partial charge < -0.3 is 5.11 Å². The first-order valence-electron chi connectivity index (χ1n) is 5.32. The van der Waals surface area contributed by atoms with Gasteiger partial charge in [0.15, 0.2) is 0 Å². The number of carboxylic acids is 1. The van der Waals surface area contributed by atoms with Gasteiger partial charge in [0.2, 0.25) is 0 Å². The molecule has 1 aromatic rings. The predicted molar refractivity (Wildman–Crippen MR) is 54.6 cm³/mol. The van der Waals surface area contributed by atoms with Gasteiger partial charge in [-0.1, -0.05) is 12.1 Å². The fraction of sp³-hybridized carbons (Fsp3) is 0.417. The standard InChI is InChI=1S/C12H10F4O2/c13-11(5-7(6-11)10(17)18)8-1-3-9(4-2-8)12(14,15)16/h1-4,7H,5-6H2,(H,17,18). The van der Waals surface area contributed by atoms with E-state index in [9.17, 15) is 22.4 Å². The third-order valence-electron chi connectivity index (χ3n) is 3.22. The van der Waals surface area contributed by atoms with E-state index in [4.69, 9.17) is 5.11 Å². The number of benzene rings is 1. The van der Waals surface area contributed by atoms with Crippen LogP contribution in [0.15, 0.2) is 24.3 Å². The van der Waals surface area contributed by atoms with Crippen molar-refractivity contribution in [1.29, 1.82) is 0 Å². The van der Waals surface area contributed by atoms with Crippen LogP contribution in [0.25, 0.3) is 0 Å². The smallest absolute Gasteiger partial charge is 0.416 e. The summed E-state index contributed by atoms with van der Waals surface area (Å²) in [6, 6.07) is 3.76. The van der Waals surface area contributed by atoms with E-state index in [0.29, 0.717) is 0 Å². The summed E-state index contributed by atoms with van der Waals surface area (Å²) in [4.78, 5) is 10.6. The molecule has 1 aliphatic carbocycles. The lowest BCUT2D eigenvalue weighted by Gasteiger charge is -2.39. The zero-order valence-corrected chi connectivity index (χ0v) is 9.17. The SMILES string of the molecule is O=C(O)C1CC(F)(c2ccc(C(F)(F)F)cc2)C1. The molecule has 2 nitrogen and oxygen atoms in total. The number of alkyl halides is 4. The highest BCUT2D eigenvalue weighted by molar-refractivity contribution is 5.71. The molecule has 0 spiro atoms. The topological polar surface area (TPSA) is 37.3 Å². The lowest BCUT2D eigenvalue weighted by molar-refractivity contribution is -0.152. The third kappa shape index (κ3) is 2.19. The van der Waals surface area contributed by atoms with Crippen LogP contribution in [0.5, 0.6) is 0 Å². The van der Waals surface area contributed by atoms with Crippen LogP contribution in [-0.2, 0) is 16.6 Å². The first kappa shape index (κ1) is 12.9. The molecule has 1 aromatic carbocycles. The molecule has 0 unspecified atom stereocenters. The first-order valence-corrected chi connectivity index (χ1v) is 5.32. The molecule has 18 heavy (non-hydrogen) atoms. The van der Waals surface area contributed by atoms with E-state index in [1.54, 1.807) is 0 Å². The Hall–Kier alpha value is -1.59. The average molecular weight is 262 g/mol. The van der Waals surface area contributed by atoms with Crippen molar-refractivity contribution in [3.05, 3.63) is 35.4 Å². The van der Waals surface area contributed by atoms with Crippen LogP contribution in [-0.4, -0.2) is 11.1 Å². The summed E-state index contributed by atoms with van der Waals surface area (Å²) in [6.07, 6.45) is -4.83. The Balaban J connectivity index is 2.14. The van der Waals surface area contributed by atoms with Gasteiger partial charge in [-0.3, -0.25) is 4.79 Å². The minimum atomic E-state index is -4.45. The Kier molecular flexibility index (Phi) is 2.83. The Morgan fingerprint density at radius 2 is 1.72 bits per heavy atom. The highest BCUT2D eigenvalue weighted by atomic mass is 19.4. The summed E-state index contributed by atoms with van der Waals surface area (Å²) in [6.45, 7) is 0. The largest absolute Gasteiger partial charge is 0.481 e. The second kappa shape index (κ2) is 3.96. The van der Waals surface area contributed by atoms with Crippen LogP contribution in [0.1, 0.15) is 24.0 Å². The molecule has 6 heteroatoms. The molecule has 1 N–H and O–H groups in total. The van der Waals surface area contributed by atoms with Crippen LogP contribution in [0.4, 0.5) is 17.6 Å².